The molecule has 2 aliphatic carbocycles. The van der Waals surface area contributed by atoms with Crippen LogP contribution in [0.1, 0.15) is 38.5 Å². The molecule has 5 nitrogen and oxygen atoms in total. The molecule has 0 aromatic heterocycles. The molecular formula is C14H16F3N3O2. The monoisotopic (exact) mass is 315 g/mol. The molecule has 0 bridgehead atoms. The van der Waals surface area contributed by atoms with Crippen LogP contribution in [0.25, 0.3) is 0 Å². The Bertz CT molecular complexity index is 559. The third-order valence-electron chi connectivity index (χ3n) is 4.84. The Hall–Kier alpha value is -1.78. The lowest BCUT2D eigenvalue weighted by Gasteiger charge is -2.29. The standard InChI is InChI=1S/C14H16F3N3O2/c15-14(16,17)13(5-6-13)11(22)20-7-1-2-9(20)10(21)19-12(8-18)3-4-12/h9H,1-7H2,(H,19,21). The maximum atomic E-state index is 13.1. The van der Waals surface area contributed by atoms with Gasteiger partial charge >= 0.3 is 6.18 Å². The normalized spacial score (nSPS) is 27.9. The Morgan fingerprint density at radius 1 is 1.23 bits per heavy atom. The van der Waals surface area contributed by atoms with E-state index in [-0.39, 0.29) is 19.4 Å². The zero-order chi connectivity index (χ0) is 16.2. The number of alkyl halides is 3. The highest BCUT2D eigenvalue weighted by atomic mass is 19.4. The quantitative estimate of drug-likeness (QED) is 0.857. The zero-order valence-electron chi connectivity index (χ0n) is 11.9. The van der Waals surface area contributed by atoms with Crippen LogP contribution in [0.4, 0.5) is 13.2 Å². The number of halogens is 3. The van der Waals surface area contributed by atoms with Crippen LogP contribution in [0.15, 0.2) is 0 Å². The van der Waals surface area contributed by atoms with Crippen molar-refractivity contribution < 1.29 is 22.8 Å². The first-order chi connectivity index (χ1) is 10.2. The van der Waals surface area contributed by atoms with Crippen molar-refractivity contribution in [3.63, 3.8) is 0 Å². The first kappa shape index (κ1) is 15.1. The van der Waals surface area contributed by atoms with E-state index < -0.39 is 35.0 Å². The van der Waals surface area contributed by atoms with Gasteiger partial charge in [-0.05, 0) is 38.5 Å². The molecule has 0 aromatic rings. The molecule has 1 unspecified atom stereocenters. The Kier molecular flexibility index (Phi) is 3.17. The molecule has 3 fully saturated rings. The first-order valence-electron chi connectivity index (χ1n) is 7.36. The fourth-order valence-electron chi connectivity index (χ4n) is 3.01. The molecule has 2 saturated carbocycles. The van der Waals surface area contributed by atoms with Crippen LogP contribution in [0.3, 0.4) is 0 Å². The van der Waals surface area contributed by atoms with Gasteiger partial charge < -0.3 is 10.2 Å². The molecule has 1 aliphatic heterocycles. The number of rotatable bonds is 3. The summed E-state index contributed by atoms with van der Waals surface area (Å²) in [5, 5.41) is 11.6. The van der Waals surface area contributed by atoms with Crippen molar-refractivity contribution in [3.8, 4) is 6.07 Å². The van der Waals surface area contributed by atoms with Crippen molar-refractivity contribution in [2.75, 3.05) is 6.54 Å². The molecule has 1 heterocycles. The summed E-state index contributed by atoms with van der Waals surface area (Å²) in [6.45, 7) is 0.161. The molecular weight excluding hydrogens is 299 g/mol. The molecule has 1 saturated heterocycles. The lowest BCUT2D eigenvalue weighted by molar-refractivity contribution is -0.199. The number of carbonyl (C=O) groups excluding carboxylic acids is 2. The van der Waals surface area contributed by atoms with Crippen LogP contribution < -0.4 is 5.32 Å². The molecule has 1 atom stereocenters. The molecule has 3 rings (SSSR count). The molecule has 0 spiro atoms. The number of nitrogens with zero attached hydrogens (tertiary/aromatic N) is 2. The first-order valence-corrected chi connectivity index (χ1v) is 7.36. The Balaban J connectivity index is 1.73. The number of nitrogens with one attached hydrogen (secondary N) is 1. The van der Waals surface area contributed by atoms with Gasteiger partial charge in [0.15, 0.2) is 0 Å². The van der Waals surface area contributed by atoms with E-state index in [0.717, 1.165) is 4.90 Å². The number of hydrogen-bond acceptors (Lipinski definition) is 3. The highest BCUT2D eigenvalue weighted by Crippen LogP contribution is 2.59. The minimum atomic E-state index is -4.57. The van der Waals surface area contributed by atoms with Crippen LogP contribution in [0.5, 0.6) is 0 Å². The fraction of sp³-hybridized carbons (Fsp3) is 0.786. The van der Waals surface area contributed by atoms with Gasteiger partial charge in [0.25, 0.3) is 0 Å². The summed E-state index contributed by atoms with van der Waals surface area (Å²) in [6.07, 6.45) is -3.06. The fourth-order valence-corrected chi connectivity index (χ4v) is 3.01. The topological polar surface area (TPSA) is 73.2 Å². The Morgan fingerprint density at radius 3 is 2.32 bits per heavy atom. The Labute approximate surface area is 125 Å². The van der Waals surface area contributed by atoms with Crippen molar-refractivity contribution in [3.05, 3.63) is 0 Å². The van der Waals surface area contributed by atoms with Gasteiger partial charge in [-0.15, -0.1) is 0 Å². The van der Waals surface area contributed by atoms with Gasteiger partial charge in [0.1, 0.15) is 17.0 Å². The second-order valence-corrected chi connectivity index (χ2v) is 6.42. The van der Waals surface area contributed by atoms with Crippen LogP contribution in [-0.4, -0.2) is 41.0 Å². The highest BCUT2D eigenvalue weighted by molar-refractivity contribution is 5.93. The van der Waals surface area contributed by atoms with Crippen molar-refractivity contribution in [1.82, 2.24) is 10.2 Å². The number of nitriles is 1. The van der Waals surface area contributed by atoms with E-state index in [2.05, 4.69) is 5.32 Å². The number of hydrogen-bond donors (Lipinski definition) is 1. The second kappa shape index (κ2) is 4.61. The molecule has 22 heavy (non-hydrogen) atoms. The Morgan fingerprint density at radius 2 is 1.86 bits per heavy atom. The average Bonchev–Trinajstić information content (AvgIpc) is 3.35. The van der Waals surface area contributed by atoms with Crippen molar-refractivity contribution in [1.29, 1.82) is 5.26 Å². The lowest BCUT2D eigenvalue weighted by atomic mass is 10.0. The zero-order valence-corrected chi connectivity index (χ0v) is 11.9. The predicted octanol–water partition coefficient (Wildman–Crippen LogP) is 1.49. The number of likely N-dealkylation sites (tertiary alicyclic amines) is 1. The summed E-state index contributed by atoms with van der Waals surface area (Å²) in [7, 11) is 0. The van der Waals surface area contributed by atoms with E-state index in [1.807, 2.05) is 6.07 Å². The smallest absolute Gasteiger partial charge is 0.336 e. The van der Waals surface area contributed by atoms with Gasteiger partial charge in [-0.25, -0.2) is 0 Å². The highest BCUT2D eigenvalue weighted by Gasteiger charge is 2.70. The summed E-state index contributed by atoms with van der Waals surface area (Å²) in [5.41, 5.74) is -3.17. The third kappa shape index (κ3) is 2.23. The van der Waals surface area contributed by atoms with E-state index in [4.69, 9.17) is 5.26 Å². The maximum Gasteiger partial charge on any atom is 0.403 e. The van der Waals surface area contributed by atoms with Crippen LogP contribution >= 0.6 is 0 Å². The summed E-state index contributed by atoms with van der Waals surface area (Å²) in [5.74, 6) is -1.50. The molecule has 3 aliphatic rings. The minimum absolute atomic E-state index is 0.161. The third-order valence-corrected chi connectivity index (χ3v) is 4.84. The lowest BCUT2D eigenvalue weighted by Crippen LogP contribution is -2.53. The van der Waals surface area contributed by atoms with Gasteiger partial charge in [0.05, 0.1) is 6.07 Å². The number of amides is 2. The summed E-state index contributed by atoms with van der Waals surface area (Å²) < 4.78 is 39.2. The summed E-state index contributed by atoms with van der Waals surface area (Å²) in [4.78, 5) is 25.6. The van der Waals surface area contributed by atoms with Gasteiger partial charge in [0.2, 0.25) is 11.8 Å². The van der Waals surface area contributed by atoms with Crippen LogP contribution in [0, 0.1) is 16.7 Å². The van der Waals surface area contributed by atoms with Gasteiger partial charge in [-0.3, -0.25) is 9.59 Å². The average molecular weight is 315 g/mol. The van der Waals surface area contributed by atoms with Gasteiger partial charge in [-0.2, -0.15) is 18.4 Å². The predicted molar refractivity (Wildman–Crippen MR) is 68.2 cm³/mol. The van der Waals surface area contributed by atoms with E-state index in [9.17, 15) is 22.8 Å². The molecule has 1 N–H and O–H groups in total. The molecule has 0 aromatic carbocycles. The molecule has 120 valence electrons. The second-order valence-electron chi connectivity index (χ2n) is 6.42. The summed E-state index contributed by atoms with van der Waals surface area (Å²) in [6, 6.07) is 1.11. The van der Waals surface area contributed by atoms with E-state index in [1.54, 1.807) is 0 Å². The molecule has 2 amide bonds. The maximum absolute atomic E-state index is 13.1. The van der Waals surface area contributed by atoms with Gasteiger partial charge in [0, 0.05) is 6.54 Å². The number of carbonyl (C=O) groups is 2. The van der Waals surface area contributed by atoms with E-state index in [0.29, 0.717) is 25.7 Å². The minimum Gasteiger partial charge on any atom is -0.336 e. The van der Waals surface area contributed by atoms with Crippen LogP contribution in [0.2, 0.25) is 0 Å². The molecule has 8 heteroatoms. The molecule has 0 radical (unpaired) electrons. The largest absolute Gasteiger partial charge is 0.403 e. The van der Waals surface area contributed by atoms with Crippen LogP contribution in [-0.2, 0) is 9.59 Å². The van der Waals surface area contributed by atoms with Crippen molar-refractivity contribution in [2.24, 2.45) is 5.41 Å². The van der Waals surface area contributed by atoms with Crippen molar-refractivity contribution in [2.45, 2.75) is 56.3 Å². The van der Waals surface area contributed by atoms with Gasteiger partial charge in [-0.1, -0.05) is 0 Å². The van der Waals surface area contributed by atoms with Crippen molar-refractivity contribution >= 4 is 11.8 Å². The summed E-state index contributed by atoms with van der Waals surface area (Å²) >= 11 is 0. The van der Waals surface area contributed by atoms with E-state index in [1.165, 1.54) is 0 Å². The SMILES string of the molecule is N#CC1(NC(=O)C2CCCN2C(=O)C2(C(F)(F)F)CC2)CC1. The van der Waals surface area contributed by atoms with E-state index >= 15 is 0 Å².